The fourth-order valence-corrected chi connectivity index (χ4v) is 5.63. The van der Waals surface area contributed by atoms with Gasteiger partial charge in [0.15, 0.2) is 5.52 Å². The van der Waals surface area contributed by atoms with Gasteiger partial charge in [0.2, 0.25) is 0 Å². The summed E-state index contributed by atoms with van der Waals surface area (Å²) in [6.07, 6.45) is 3.98. The lowest BCUT2D eigenvalue weighted by atomic mass is 9.91. The molecule has 0 saturated carbocycles. The smallest absolute Gasteiger partial charge is 0.281 e. The van der Waals surface area contributed by atoms with Crippen molar-refractivity contribution >= 4 is 11.0 Å². The molecule has 0 radical (unpaired) electrons. The standard InChI is InChI=1S/C31H33FN6O3/c1-33-17-21-5-7-22(8-6-21)29-27-28(35-36(29)2)30(39)38(20-34-27)19-31(40)11-13-37(14-12-31)18-24-10-9-23(16-25(24)32)26-4-3-15-41-26/h3-10,15-16,20,33,40H,11-14,17-19H2,1-2H3. The van der Waals surface area contributed by atoms with Gasteiger partial charge in [-0.3, -0.25) is 18.9 Å². The van der Waals surface area contributed by atoms with E-state index in [9.17, 15) is 14.3 Å². The fraction of sp³-hybridized carbons (Fsp3) is 0.323. The molecule has 0 spiro atoms. The van der Waals surface area contributed by atoms with Crippen LogP contribution in [0.4, 0.5) is 4.39 Å². The second-order valence-corrected chi connectivity index (χ2v) is 10.9. The Morgan fingerprint density at radius 1 is 1.07 bits per heavy atom. The van der Waals surface area contributed by atoms with Crippen LogP contribution in [0, 0.1) is 5.82 Å². The van der Waals surface area contributed by atoms with Gasteiger partial charge in [0, 0.05) is 49.9 Å². The minimum Gasteiger partial charge on any atom is -0.464 e. The number of nitrogens with zero attached hydrogens (tertiary/aromatic N) is 5. The number of likely N-dealkylation sites (tertiary alicyclic amines) is 1. The van der Waals surface area contributed by atoms with Crippen LogP contribution in [-0.4, -0.2) is 55.1 Å². The molecule has 5 aromatic rings. The van der Waals surface area contributed by atoms with Crippen molar-refractivity contribution in [2.45, 2.75) is 38.1 Å². The van der Waals surface area contributed by atoms with Crippen molar-refractivity contribution in [3.8, 4) is 22.6 Å². The normalized spacial score (nSPS) is 15.5. The lowest BCUT2D eigenvalue weighted by Crippen LogP contribution is -2.47. The lowest BCUT2D eigenvalue weighted by molar-refractivity contribution is -0.0366. The molecule has 0 amide bonds. The van der Waals surface area contributed by atoms with Crippen molar-refractivity contribution < 1.29 is 13.9 Å². The molecule has 3 aromatic heterocycles. The van der Waals surface area contributed by atoms with E-state index in [1.165, 1.54) is 17.0 Å². The average Bonchev–Trinajstić information content (AvgIpc) is 3.62. The number of aryl methyl sites for hydroxylation is 1. The Kier molecular flexibility index (Phi) is 7.29. The van der Waals surface area contributed by atoms with Gasteiger partial charge < -0.3 is 14.8 Å². The number of furan rings is 1. The number of nitrogens with one attached hydrogen (secondary N) is 1. The van der Waals surface area contributed by atoms with Crippen LogP contribution in [0.25, 0.3) is 33.6 Å². The molecule has 6 rings (SSSR count). The molecule has 1 aliphatic heterocycles. The maximum Gasteiger partial charge on any atom is 0.281 e. The van der Waals surface area contributed by atoms with E-state index in [1.807, 2.05) is 37.4 Å². The van der Waals surface area contributed by atoms with Crippen LogP contribution in [0.15, 0.2) is 76.4 Å². The summed E-state index contributed by atoms with van der Waals surface area (Å²) in [5.74, 6) is 0.344. The summed E-state index contributed by atoms with van der Waals surface area (Å²) >= 11 is 0. The van der Waals surface area contributed by atoms with Gasteiger partial charge in [-0.05, 0) is 43.7 Å². The number of hydrogen-bond acceptors (Lipinski definition) is 7. The number of rotatable bonds is 8. The van der Waals surface area contributed by atoms with Gasteiger partial charge in [0.1, 0.15) is 17.1 Å². The van der Waals surface area contributed by atoms with E-state index < -0.39 is 5.60 Å². The Morgan fingerprint density at radius 2 is 1.83 bits per heavy atom. The highest BCUT2D eigenvalue weighted by molar-refractivity contribution is 5.89. The van der Waals surface area contributed by atoms with Crippen molar-refractivity contribution in [3.05, 3.63) is 94.5 Å². The van der Waals surface area contributed by atoms with Crippen LogP contribution >= 0.6 is 0 Å². The van der Waals surface area contributed by atoms with Crippen LogP contribution in [-0.2, 0) is 26.7 Å². The van der Waals surface area contributed by atoms with Crippen LogP contribution in [0.2, 0.25) is 0 Å². The summed E-state index contributed by atoms with van der Waals surface area (Å²) < 4.78 is 23.3. The third-order valence-corrected chi connectivity index (χ3v) is 7.92. The minimum atomic E-state index is -1.07. The molecular formula is C31H33FN6O3. The highest BCUT2D eigenvalue weighted by Gasteiger charge is 2.33. The first-order valence-electron chi connectivity index (χ1n) is 13.8. The van der Waals surface area contributed by atoms with Crippen LogP contribution in [0.1, 0.15) is 24.0 Å². The Labute approximate surface area is 236 Å². The number of halogens is 1. The number of piperidine rings is 1. The second-order valence-electron chi connectivity index (χ2n) is 10.9. The highest BCUT2D eigenvalue weighted by Crippen LogP contribution is 2.29. The summed E-state index contributed by atoms with van der Waals surface area (Å²) in [6.45, 7) is 2.50. The van der Waals surface area contributed by atoms with Crippen molar-refractivity contribution in [2.75, 3.05) is 20.1 Å². The summed E-state index contributed by atoms with van der Waals surface area (Å²) in [7, 11) is 3.71. The van der Waals surface area contributed by atoms with Gasteiger partial charge in [0.25, 0.3) is 5.56 Å². The average molecular weight is 557 g/mol. The second kappa shape index (κ2) is 11.0. The first kappa shape index (κ1) is 27.1. The van der Waals surface area contributed by atoms with E-state index in [0.717, 1.165) is 23.4 Å². The Balaban J connectivity index is 1.14. The van der Waals surface area contributed by atoms with Crippen molar-refractivity contribution in [3.63, 3.8) is 0 Å². The molecule has 1 saturated heterocycles. The SMILES string of the molecule is CNCc1ccc(-c2c3ncn(CC4(O)CCN(Cc5ccc(-c6ccco6)cc5F)CC4)c(=O)c3nn2C)cc1. The maximum atomic E-state index is 14.8. The molecule has 0 unspecified atom stereocenters. The van der Waals surface area contributed by atoms with Crippen LogP contribution in [0.5, 0.6) is 0 Å². The summed E-state index contributed by atoms with van der Waals surface area (Å²) in [5.41, 5.74) is 3.62. The van der Waals surface area contributed by atoms with Gasteiger partial charge in [0.05, 0.1) is 30.4 Å². The predicted molar refractivity (Wildman–Crippen MR) is 155 cm³/mol. The van der Waals surface area contributed by atoms with Gasteiger partial charge >= 0.3 is 0 Å². The maximum absolute atomic E-state index is 14.8. The molecule has 1 aliphatic rings. The number of aromatic nitrogens is 4. The number of fused-ring (bicyclic) bond motifs is 1. The van der Waals surface area contributed by atoms with Crippen LogP contribution in [0.3, 0.4) is 0 Å². The minimum absolute atomic E-state index is 0.124. The number of hydrogen-bond donors (Lipinski definition) is 2. The molecule has 0 atom stereocenters. The van der Waals surface area contributed by atoms with Crippen molar-refractivity contribution in [1.82, 2.24) is 29.5 Å². The van der Waals surface area contributed by atoms with E-state index in [4.69, 9.17) is 4.42 Å². The van der Waals surface area contributed by atoms with Gasteiger partial charge in [-0.15, -0.1) is 0 Å². The zero-order valence-electron chi connectivity index (χ0n) is 23.2. The van der Waals surface area contributed by atoms with Gasteiger partial charge in [-0.2, -0.15) is 5.10 Å². The molecular weight excluding hydrogens is 523 g/mol. The third kappa shape index (κ3) is 5.46. The fourth-order valence-electron chi connectivity index (χ4n) is 5.63. The molecule has 2 aromatic carbocycles. The first-order chi connectivity index (χ1) is 19.8. The van der Waals surface area contributed by atoms with Crippen LogP contribution < -0.4 is 10.9 Å². The molecule has 1 fully saturated rings. The zero-order chi connectivity index (χ0) is 28.6. The quantitative estimate of drug-likeness (QED) is 0.299. The summed E-state index contributed by atoms with van der Waals surface area (Å²) in [4.78, 5) is 20.1. The molecule has 10 heteroatoms. The third-order valence-electron chi connectivity index (χ3n) is 7.92. The largest absolute Gasteiger partial charge is 0.464 e. The molecule has 4 heterocycles. The van der Waals surface area contributed by atoms with E-state index in [2.05, 4.69) is 20.3 Å². The monoisotopic (exact) mass is 556 g/mol. The Bertz CT molecular complexity index is 1720. The molecule has 9 nitrogen and oxygen atoms in total. The molecule has 212 valence electrons. The zero-order valence-corrected chi connectivity index (χ0v) is 23.2. The summed E-state index contributed by atoms with van der Waals surface area (Å²) in [6, 6.07) is 16.8. The Morgan fingerprint density at radius 3 is 2.51 bits per heavy atom. The summed E-state index contributed by atoms with van der Waals surface area (Å²) in [5, 5.41) is 19.0. The van der Waals surface area contributed by atoms with E-state index in [0.29, 0.717) is 54.9 Å². The van der Waals surface area contributed by atoms with Gasteiger partial charge in [-0.25, -0.2) is 9.37 Å². The van der Waals surface area contributed by atoms with Gasteiger partial charge in [-0.1, -0.05) is 36.4 Å². The molecule has 0 aliphatic carbocycles. The number of benzene rings is 2. The highest BCUT2D eigenvalue weighted by atomic mass is 19.1. The predicted octanol–water partition coefficient (Wildman–Crippen LogP) is 3.94. The van der Waals surface area contributed by atoms with E-state index in [1.54, 1.807) is 36.2 Å². The number of aliphatic hydroxyl groups is 1. The molecule has 41 heavy (non-hydrogen) atoms. The van der Waals surface area contributed by atoms with Crippen molar-refractivity contribution in [2.24, 2.45) is 7.05 Å². The van der Waals surface area contributed by atoms with E-state index in [-0.39, 0.29) is 23.4 Å². The van der Waals surface area contributed by atoms with E-state index >= 15 is 0 Å². The molecule has 2 N–H and O–H groups in total. The topological polar surface area (TPSA) is 101 Å². The molecule has 0 bridgehead atoms. The lowest BCUT2D eigenvalue weighted by Gasteiger charge is -2.38. The first-order valence-corrected chi connectivity index (χ1v) is 13.8. The van der Waals surface area contributed by atoms with Crippen molar-refractivity contribution in [1.29, 1.82) is 0 Å². The Hall–Kier alpha value is -4.12.